The van der Waals surface area contributed by atoms with Crippen molar-refractivity contribution >= 4 is 22.8 Å². The molecule has 0 radical (unpaired) electrons. The van der Waals surface area contributed by atoms with E-state index in [1.165, 1.54) is 6.33 Å². The number of amides is 2. The standard InChI is InChI=1S/C28H28F2N6O3/c1-17-12-18(4-5-21(17)36-16-32-15-33-36)19-2-3-20-14-23(39-22(20)13-19)24(37)34-26(6-8-27(29,30)9-7-26)25(38)35-28(31)10-11-28/h2-5,12-16H,6-11,31H2,1H3,(H,34,37)(H,35,38). The van der Waals surface area contributed by atoms with Gasteiger partial charge < -0.3 is 20.8 Å². The van der Waals surface area contributed by atoms with E-state index < -0.39 is 41.8 Å². The average molecular weight is 535 g/mol. The monoisotopic (exact) mass is 534 g/mol. The Labute approximate surface area is 222 Å². The number of carbonyl (C=O) groups excluding carboxylic acids is 2. The molecule has 2 aliphatic carbocycles. The van der Waals surface area contributed by atoms with Crippen molar-refractivity contribution in [2.75, 3.05) is 0 Å². The second-order valence-corrected chi connectivity index (χ2v) is 10.7. The van der Waals surface area contributed by atoms with Gasteiger partial charge in [-0.05, 0) is 73.6 Å². The molecular formula is C28H28F2N6O3. The van der Waals surface area contributed by atoms with Crippen LogP contribution in [0, 0.1) is 6.92 Å². The van der Waals surface area contributed by atoms with Crippen LogP contribution in [0.1, 0.15) is 54.6 Å². The van der Waals surface area contributed by atoms with Crippen molar-refractivity contribution in [1.82, 2.24) is 25.4 Å². The number of hydrogen-bond acceptors (Lipinski definition) is 6. The van der Waals surface area contributed by atoms with E-state index in [-0.39, 0.29) is 18.6 Å². The number of benzene rings is 2. The lowest BCUT2D eigenvalue weighted by molar-refractivity contribution is -0.134. The van der Waals surface area contributed by atoms with Gasteiger partial charge >= 0.3 is 0 Å². The Kier molecular flexibility index (Phi) is 5.79. The number of alkyl halides is 2. The Morgan fingerprint density at radius 1 is 0.974 bits per heavy atom. The molecular weight excluding hydrogens is 506 g/mol. The van der Waals surface area contributed by atoms with Crippen LogP contribution in [0.3, 0.4) is 0 Å². The maximum absolute atomic E-state index is 14.0. The summed E-state index contributed by atoms with van der Waals surface area (Å²) in [5.74, 6) is -4.05. The predicted octanol–water partition coefficient (Wildman–Crippen LogP) is 4.23. The molecule has 39 heavy (non-hydrogen) atoms. The second-order valence-electron chi connectivity index (χ2n) is 10.7. The fraction of sp³-hybridized carbons (Fsp3) is 0.357. The lowest BCUT2D eigenvalue weighted by atomic mass is 9.78. The molecule has 4 N–H and O–H groups in total. The molecule has 2 heterocycles. The van der Waals surface area contributed by atoms with E-state index in [0.717, 1.165) is 22.4 Å². The lowest BCUT2D eigenvalue weighted by Gasteiger charge is -2.39. The number of hydrogen-bond donors (Lipinski definition) is 3. The van der Waals surface area contributed by atoms with Crippen LogP contribution in [0.2, 0.25) is 0 Å². The molecule has 6 rings (SSSR count). The Bertz CT molecular complexity index is 1570. The summed E-state index contributed by atoms with van der Waals surface area (Å²) in [6, 6.07) is 13.1. The van der Waals surface area contributed by atoms with Gasteiger partial charge in [-0.2, -0.15) is 5.10 Å². The molecule has 0 aliphatic heterocycles. The fourth-order valence-corrected chi connectivity index (χ4v) is 5.08. The van der Waals surface area contributed by atoms with Crippen LogP contribution >= 0.6 is 0 Å². The number of nitrogens with zero attached hydrogens (tertiary/aromatic N) is 3. The van der Waals surface area contributed by atoms with Crippen LogP contribution in [-0.4, -0.2) is 43.7 Å². The molecule has 2 aliphatic rings. The summed E-state index contributed by atoms with van der Waals surface area (Å²) < 4.78 is 35.5. The molecule has 2 saturated carbocycles. The maximum atomic E-state index is 14.0. The quantitative estimate of drug-likeness (QED) is 0.318. The van der Waals surface area contributed by atoms with Crippen molar-refractivity contribution < 1.29 is 22.8 Å². The van der Waals surface area contributed by atoms with Crippen molar-refractivity contribution in [2.45, 2.75) is 62.6 Å². The molecule has 2 aromatic carbocycles. The molecule has 0 spiro atoms. The first-order valence-electron chi connectivity index (χ1n) is 12.9. The van der Waals surface area contributed by atoms with Crippen LogP contribution in [-0.2, 0) is 4.79 Å². The van der Waals surface area contributed by atoms with E-state index in [2.05, 4.69) is 20.7 Å². The molecule has 2 amide bonds. The highest BCUT2D eigenvalue weighted by atomic mass is 19.3. The molecule has 11 heteroatoms. The number of fused-ring (bicyclic) bond motifs is 1. The molecule has 2 aromatic heterocycles. The van der Waals surface area contributed by atoms with Gasteiger partial charge in [0.05, 0.1) is 11.4 Å². The summed E-state index contributed by atoms with van der Waals surface area (Å²) in [6.07, 6.45) is 2.93. The van der Waals surface area contributed by atoms with Gasteiger partial charge in [-0.3, -0.25) is 9.59 Å². The topological polar surface area (TPSA) is 128 Å². The van der Waals surface area contributed by atoms with Crippen LogP contribution < -0.4 is 16.4 Å². The van der Waals surface area contributed by atoms with Crippen molar-refractivity contribution in [3.05, 3.63) is 66.4 Å². The summed E-state index contributed by atoms with van der Waals surface area (Å²) in [5, 5.41) is 10.3. The largest absolute Gasteiger partial charge is 0.451 e. The van der Waals surface area contributed by atoms with Crippen LogP contribution in [0.25, 0.3) is 27.8 Å². The summed E-state index contributed by atoms with van der Waals surface area (Å²) in [7, 11) is 0. The van der Waals surface area contributed by atoms with Crippen molar-refractivity contribution in [3.8, 4) is 16.8 Å². The van der Waals surface area contributed by atoms with E-state index >= 15 is 0 Å². The molecule has 0 unspecified atom stereocenters. The molecule has 9 nitrogen and oxygen atoms in total. The van der Waals surface area contributed by atoms with Crippen molar-refractivity contribution in [3.63, 3.8) is 0 Å². The zero-order valence-electron chi connectivity index (χ0n) is 21.3. The number of carbonyl (C=O) groups is 2. The highest BCUT2D eigenvalue weighted by Gasteiger charge is 2.52. The van der Waals surface area contributed by atoms with E-state index in [1.54, 1.807) is 17.1 Å². The van der Waals surface area contributed by atoms with Gasteiger partial charge in [-0.1, -0.05) is 18.2 Å². The molecule has 0 bridgehead atoms. The Morgan fingerprint density at radius 2 is 1.69 bits per heavy atom. The van der Waals surface area contributed by atoms with Gasteiger partial charge in [0.1, 0.15) is 23.8 Å². The number of rotatable bonds is 6. The number of nitrogens with one attached hydrogen (secondary N) is 2. The van der Waals surface area contributed by atoms with Gasteiger partial charge in [-0.25, -0.2) is 18.4 Å². The Balaban J connectivity index is 1.25. The Hall–Kier alpha value is -4.12. The van der Waals surface area contributed by atoms with Crippen LogP contribution in [0.15, 0.2) is 59.5 Å². The average Bonchev–Trinajstić information content (AvgIpc) is 3.27. The molecule has 202 valence electrons. The number of nitrogens with two attached hydrogens (primary N) is 1. The summed E-state index contributed by atoms with van der Waals surface area (Å²) in [4.78, 5) is 30.4. The zero-order valence-corrected chi connectivity index (χ0v) is 21.3. The first kappa shape index (κ1) is 25.2. The highest BCUT2D eigenvalue weighted by molar-refractivity contribution is 6.00. The van der Waals surface area contributed by atoms with Gasteiger partial charge in [0.15, 0.2) is 5.76 Å². The summed E-state index contributed by atoms with van der Waals surface area (Å²) in [5.41, 5.74) is 7.97. The van der Waals surface area contributed by atoms with Crippen molar-refractivity contribution in [1.29, 1.82) is 0 Å². The van der Waals surface area contributed by atoms with Gasteiger partial charge in [0, 0.05) is 18.2 Å². The van der Waals surface area contributed by atoms with E-state index in [4.69, 9.17) is 10.2 Å². The van der Waals surface area contributed by atoms with E-state index in [1.807, 2.05) is 43.3 Å². The van der Waals surface area contributed by atoms with Crippen LogP contribution in [0.5, 0.6) is 0 Å². The Morgan fingerprint density at radius 3 is 2.36 bits per heavy atom. The third-order valence-electron chi connectivity index (χ3n) is 7.71. The molecule has 4 aromatic rings. The van der Waals surface area contributed by atoms with Crippen molar-refractivity contribution in [2.24, 2.45) is 5.73 Å². The fourth-order valence-electron chi connectivity index (χ4n) is 5.08. The predicted molar refractivity (Wildman–Crippen MR) is 139 cm³/mol. The first-order chi connectivity index (χ1) is 18.5. The molecule has 0 atom stereocenters. The lowest BCUT2D eigenvalue weighted by Crippen LogP contribution is -2.64. The molecule has 2 fully saturated rings. The van der Waals surface area contributed by atoms with Crippen LogP contribution in [0.4, 0.5) is 8.78 Å². The van der Waals surface area contributed by atoms with E-state index in [9.17, 15) is 18.4 Å². The number of aromatic nitrogens is 3. The number of furan rings is 1. The maximum Gasteiger partial charge on any atom is 0.287 e. The van der Waals surface area contributed by atoms with Gasteiger partial charge in [0.2, 0.25) is 11.8 Å². The second kappa shape index (κ2) is 8.98. The minimum absolute atomic E-state index is 0.00162. The summed E-state index contributed by atoms with van der Waals surface area (Å²) >= 11 is 0. The minimum Gasteiger partial charge on any atom is -0.451 e. The number of halogens is 2. The third-order valence-corrected chi connectivity index (χ3v) is 7.71. The first-order valence-corrected chi connectivity index (χ1v) is 12.9. The smallest absolute Gasteiger partial charge is 0.287 e. The van der Waals surface area contributed by atoms with E-state index in [0.29, 0.717) is 23.8 Å². The SMILES string of the molecule is Cc1cc(-c2ccc3cc(C(=O)NC4(C(=O)NC5(N)CC5)CCC(F)(F)CC4)oc3c2)ccc1-n1cncn1. The summed E-state index contributed by atoms with van der Waals surface area (Å²) in [6.45, 7) is 1.98. The highest BCUT2D eigenvalue weighted by Crippen LogP contribution is 2.40. The minimum atomic E-state index is -2.88. The third kappa shape index (κ3) is 4.89. The zero-order chi connectivity index (χ0) is 27.4. The van der Waals surface area contributed by atoms with Gasteiger partial charge in [-0.15, -0.1) is 0 Å². The van der Waals surface area contributed by atoms with Gasteiger partial charge in [0.25, 0.3) is 5.91 Å². The normalized spacial score (nSPS) is 19.0. The molecule has 0 saturated heterocycles. The number of aryl methyl sites for hydroxylation is 1.